The van der Waals surface area contributed by atoms with Gasteiger partial charge in [-0.2, -0.15) is 0 Å². The molecule has 1 aromatic carbocycles. The smallest absolute Gasteiger partial charge is 0.191 e. The first-order chi connectivity index (χ1) is 8.58. The van der Waals surface area contributed by atoms with Crippen molar-refractivity contribution >= 4 is 23.4 Å². The fourth-order valence-electron chi connectivity index (χ4n) is 1.45. The normalized spacial score (nSPS) is 10.5. The SMILES string of the molecule is Cn1c(SCC(=O)[O-])nnc1-c1ccc(N)cc1. The minimum absolute atomic E-state index is 0.145. The molecule has 18 heavy (non-hydrogen) atoms. The highest BCUT2D eigenvalue weighted by Crippen LogP contribution is 2.22. The molecule has 0 fully saturated rings. The monoisotopic (exact) mass is 263 g/mol. The first-order valence-corrected chi connectivity index (χ1v) is 6.14. The Morgan fingerprint density at radius 3 is 2.67 bits per heavy atom. The molecule has 0 saturated heterocycles. The van der Waals surface area contributed by atoms with Gasteiger partial charge in [0.1, 0.15) is 0 Å². The zero-order valence-corrected chi connectivity index (χ0v) is 10.5. The number of nitrogens with two attached hydrogens (primary N) is 1. The van der Waals surface area contributed by atoms with Crippen molar-refractivity contribution in [1.29, 1.82) is 0 Å². The number of hydrogen-bond acceptors (Lipinski definition) is 6. The molecule has 1 heterocycles. The molecule has 0 aliphatic carbocycles. The fourth-order valence-corrected chi connectivity index (χ4v) is 2.07. The number of aromatic nitrogens is 3. The third kappa shape index (κ3) is 2.62. The number of rotatable bonds is 4. The minimum atomic E-state index is -1.13. The van der Waals surface area contributed by atoms with Gasteiger partial charge in [-0.3, -0.25) is 0 Å². The van der Waals surface area contributed by atoms with Crippen LogP contribution in [0.15, 0.2) is 29.4 Å². The number of nitrogens with zero attached hydrogens (tertiary/aromatic N) is 3. The van der Waals surface area contributed by atoms with Gasteiger partial charge in [0.05, 0.1) is 5.97 Å². The van der Waals surface area contributed by atoms with Crippen molar-refractivity contribution in [3.8, 4) is 11.4 Å². The Hall–Kier alpha value is -2.02. The molecule has 0 radical (unpaired) electrons. The molecule has 2 aromatic rings. The summed E-state index contributed by atoms with van der Waals surface area (Å²) in [6.07, 6.45) is 0. The first kappa shape index (κ1) is 12.4. The van der Waals surface area contributed by atoms with E-state index in [9.17, 15) is 9.90 Å². The molecule has 0 unspecified atom stereocenters. The lowest BCUT2D eigenvalue weighted by Gasteiger charge is -2.04. The Bertz CT molecular complexity index is 565. The fraction of sp³-hybridized carbons (Fsp3) is 0.182. The second-order valence-corrected chi connectivity index (χ2v) is 4.59. The van der Waals surface area contributed by atoms with E-state index in [1.165, 1.54) is 0 Å². The average molecular weight is 263 g/mol. The van der Waals surface area contributed by atoms with Crippen LogP contribution >= 0.6 is 11.8 Å². The number of carboxylic acid groups (broad SMARTS) is 1. The molecule has 7 heteroatoms. The summed E-state index contributed by atoms with van der Waals surface area (Å²) < 4.78 is 1.74. The Labute approximate surface area is 108 Å². The molecule has 0 aliphatic rings. The van der Waals surface area contributed by atoms with Crippen LogP contribution in [0.4, 0.5) is 5.69 Å². The number of carboxylic acids is 1. The number of hydrogen-bond donors (Lipinski definition) is 1. The van der Waals surface area contributed by atoms with Crippen LogP contribution in [0.25, 0.3) is 11.4 Å². The largest absolute Gasteiger partial charge is 0.549 e. The summed E-state index contributed by atoms with van der Waals surface area (Å²) in [5.74, 6) is -0.610. The van der Waals surface area contributed by atoms with Gasteiger partial charge in [0, 0.05) is 24.1 Å². The number of nitrogen functional groups attached to an aromatic ring is 1. The minimum Gasteiger partial charge on any atom is -0.549 e. The van der Waals surface area contributed by atoms with Crippen LogP contribution in [0.3, 0.4) is 0 Å². The van der Waals surface area contributed by atoms with Gasteiger partial charge in [-0.05, 0) is 24.3 Å². The highest BCUT2D eigenvalue weighted by Gasteiger charge is 2.10. The lowest BCUT2D eigenvalue weighted by molar-refractivity contribution is -0.301. The van der Waals surface area contributed by atoms with Crippen molar-refractivity contribution in [2.75, 3.05) is 11.5 Å². The van der Waals surface area contributed by atoms with E-state index < -0.39 is 5.97 Å². The molecule has 0 aliphatic heterocycles. The summed E-state index contributed by atoms with van der Waals surface area (Å²) in [4.78, 5) is 10.4. The molecule has 0 spiro atoms. The molecule has 2 rings (SSSR count). The van der Waals surface area contributed by atoms with Crippen LogP contribution in [-0.2, 0) is 11.8 Å². The topological polar surface area (TPSA) is 96.9 Å². The lowest BCUT2D eigenvalue weighted by atomic mass is 10.2. The zero-order valence-electron chi connectivity index (χ0n) is 9.66. The van der Waals surface area contributed by atoms with Crippen molar-refractivity contribution in [1.82, 2.24) is 14.8 Å². The van der Waals surface area contributed by atoms with Crippen molar-refractivity contribution in [3.63, 3.8) is 0 Å². The van der Waals surface area contributed by atoms with Gasteiger partial charge in [0.2, 0.25) is 0 Å². The van der Waals surface area contributed by atoms with Crippen LogP contribution in [0.1, 0.15) is 0 Å². The van der Waals surface area contributed by atoms with Crippen LogP contribution < -0.4 is 10.8 Å². The number of anilines is 1. The van der Waals surface area contributed by atoms with Gasteiger partial charge in [0.25, 0.3) is 0 Å². The van der Waals surface area contributed by atoms with Gasteiger partial charge in [-0.1, -0.05) is 11.8 Å². The summed E-state index contributed by atoms with van der Waals surface area (Å²) >= 11 is 1.08. The summed E-state index contributed by atoms with van der Waals surface area (Å²) in [6, 6.07) is 7.23. The van der Waals surface area contributed by atoms with Crippen molar-refractivity contribution in [3.05, 3.63) is 24.3 Å². The third-order valence-corrected chi connectivity index (χ3v) is 3.32. The molecule has 0 atom stereocenters. The Morgan fingerprint density at radius 2 is 2.06 bits per heavy atom. The van der Waals surface area contributed by atoms with E-state index in [1.807, 2.05) is 12.1 Å². The van der Waals surface area contributed by atoms with E-state index in [4.69, 9.17) is 5.73 Å². The van der Waals surface area contributed by atoms with Gasteiger partial charge in [-0.15, -0.1) is 10.2 Å². The number of aliphatic carboxylic acids is 1. The maximum Gasteiger partial charge on any atom is 0.191 e. The first-order valence-electron chi connectivity index (χ1n) is 5.16. The molecule has 2 N–H and O–H groups in total. The molecule has 6 nitrogen and oxygen atoms in total. The lowest BCUT2D eigenvalue weighted by Crippen LogP contribution is -2.24. The predicted molar refractivity (Wildman–Crippen MR) is 66.6 cm³/mol. The highest BCUT2D eigenvalue weighted by atomic mass is 32.2. The Morgan fingerprint density at radius 1 is 1.39 bits per heavy atom. The van der Waals surface area contributed by atoms with Crippen LogP contribution in [0.2, 0.25) is 0 Å². The Balaban J connectivity index is 2.25. The highest BCUT2D eigenvalue weighted by molar-refractivity contribution is 7.99. The van der Waals surface area contributed by atoms with Gasteiger partial charge < -0.3 is 20.2 Å². The van der Waals surface area contributed by atoms with Crippen LogP contribution in [-0.4, -0.2) is 26.5 Å². The summed E-state index contributed by atoms with van der Waals surface area (Å²) in [6.45, 7) is 0. The van der Waals surface area contributed by atoms with E-state index >= 15 is 0 Å². The molecule has 94 valence electrons. The molecule has 0 amide bonds. The van der Waals surface area contributed by atoms with Crippen molar-refractivity contribution in [2.24, 2.45) is 7.05 Å². The van der Waals surface area contributed by atoms with E-state index in [0.29, 0.717) is 16.7 Å². The van der Waals surface area contributed by atoms with Gasteiger partial charge in [0.15, 0.2) is 11.0 Å². The maximum atomic E-state index is 10.4. The molecule has 0 bridgehead atoms. The number of carbonyl (C=O) groups excluding carboxylic acids is 1. The van der Waals surface area contributed by atoms with Gasteiger partial charge in [-0.25, -0.2) is 0 Å². The number of thioether (sulfide) groups is 1. The van der Waals surface area contributed by atoms with Crippen LogP contribution in [0.5, 0.6) is 0 Å². The predicted octanol–water partition coefficient (Wildman–Crippen LogP) is -0.0937. The summed E-state index contributed by atoms with van der Waals surface area (Å²) in [5.41, 5.74) is 7.16. The average Bonchev–Trinajstić information content (AvgIpc) is 2.69. The van der Waals surface area contributed by atoms with Gasteiger partial charge >= 0.3 is 0 Å². The number of benzene rings is 1. The summed E-state index contributed by atoms with van der Waals surface area (Å²) in [5, 5.41) is 18.9. The second-order valence-electron chi connectivity index (χ2n) is 3.65. The number of carbonyl (C=O) groups is 1. The van der Waals surface area contributed by atoms with Crippen molar-refractivity contribution < 1.29 is 9.90 Å². The van der Waals surface area contributed by atoms with Crippen molar-refractivity contribution in [2.45, 2.75) is 5.16 Å². The van der Waals surface area contributed by atoms with E-state index in [2.05, 4.69) is 10.2 Å². The molecule has 0 saturated carbocycles. The van der Waals surface area contributed by atoms with E-state index in [-0.39, 0.29) is 5.75 Å². The summed E-state index contributed by atoms with van der Waals surface area (Å²) in [7, 11) is 1.78. The maximum absolute atomic E-state index is 10.4. The molecular formula is C11H11N4O2S-. The third-order valence-electron chi connectivity index (χ3n) is 2.32. The van der Waals surface area contributed by atoms with Crippen LogP contribution in [0, 0.1) is 0 Å². The second kappa shape index (κ2) is 5.09. The van der Waals surface area contributed by atoms with E-state index in [0.717, 1.165) is 17.3 Å². The Kier molecular flexibility index (Phi) is 3.52. The quantitative estimate of drug-likeness (QED) is 0.611. The standard InChI is InChI=1S/C11H12N4O2S/c1-15-10(7-2-4-8(12)5-3-7)13-14-11(15)18-6-9(16)17/h2-5H,6,12H2,1H3,(H,16,17)/p-1. The van der Waals surface area contributed by atoms with E-state index in [1.54, 1.807) is 23.7 Å². The molecule has 1 aromatic heterocycles. The zero-order chi connectivity index (χ0) is 13.1. The molecular weight excluding hydrogens is 252 g/mol.